The van der Waals surface area contributed by atoms with Crippen molar-refractivity contribution in [3.05, 3.63) is 34.3 Å². The van der Waals surface area contributed by atoms with Gasteiger partial charge < -0.3 is 14.8 Å². The summed E-state index contributed by atoms with van der Waals surface area (Å²) in [4.78, 5) is 4.13. The summed E-state index contributed by atoms with van der Waals surface area (Å²) in [5.41, 5.74) is 1.08. The zero-order valence-corrected chi connectivity index (χ0v) is 13.2. The Hall–Kier alpha value is -1.60. The molecule has 0 spiro atoms. The highest BCUT2D eigenvalue weighted by Gasteiger charge is 2.12. The molecule has 0 aliphatic rings. The van der Waals surface area contributed by atoms with Crippen molar-refractivity contribution < 1.29 is 9.47 Å². The van der Waals surface area contributed by atoms with Gasteiger partial charge in [-0.3, -0.25) is 5.10 Å². The molecule has 108 valence electrons. The number of nitrogens with one attached hydrogen (secondary N) is 2. The third-order valence-corrected chi connectivity index (χ3v) is 3.73. The lowest BCUT2D eigenvalue weighted by Crippen LogP contribution is -2.19. The summed E-state index contributed by atoms with van der Waals surface area (Å²) in [6.07, 6.45) is 1.50. The zero-order chi connectivity index (χ0) is 14.5. The number of hydrogen-bond acceptors (Lipinski definition) is 5. The molecule has 1 heterocycles. The molecule has 1 aromatic carbocycles. The van der Waals surface area contributed by atoms with Crippen LogP contribution in [0, 0.1) is 0 Å². The molecular weight excluding hydrogens is 324 g/mol. The Morgan fingerprint density at radius 3 is 2.60 bits per heavy atom. The van der Waals surface area contributed by atoms with Crippen LogP contribution in [0.3, 0.4) is 0 Å². The predicted octanol–water partition coefficient (Wildman–Crippen LogP) is 2.44. The van der Waals surface area contributed by atoms with E-state index in [2.05, 4.69) is 36.4 Å². The number of hydrogen-bond donors (Lipinski definition) is 2. The van der Waals surface area contributed by atoms with Crippen LogP contribution >= 0.6 is 15.9 Å². The van der Waals surface area contributed by atoms with Crippen molar-refractivity contribution in [2.75, 3.05) is 14.2 Å². The molecule has 0 radical (unpaired) electrons. The Kier molecular flexibility index (Phi) is 4.97. The van der Waals surface area contributed by atoms with Crippen LogP contribution in [0.1, 0.15) is 24.4 Å². The first-order valence-corrected chi connectivity index (χ1v) is 6.94. The molecule has 6 nitrogen and oxygen atoms in total. The van der Waals surface area contributed by atoms with E-state index in [1.54, 1.807) is 14.2 Å². The molecular formula is C13H17BrN4O2. The van der Waals surface area contributed by atoms with Crippen molar-refractivity contribution >= 4 is 15.9 Å². The van der Waals surface area contributed by atoms with Gasteiger partial charge in [-0.2, -0.15) is 5.10 Å². The van der Waals surface area contributed by atoms with Crippen molar-refractivity contribution in [1.82, 2.24) is 20.5 Å². The molecule has 0 aliphatic carbocycles. The Bertz CT molecular complexity index is 560. The van der Waals surface area contributed by atoms with Crippen LogP contribution in [0.25, 0.3) is 0 Å². The van der Waals surface area contributed by atoms with Crippen LogP contribution in [0.15, 0.2) is 22.9 Å². The molecule has 1 atom stereocenters. The normalized spacial score (nSPS) is 12.2. The molecule has 1 aromatic heterocycles. The maximum Gasteiger partial charge on any atom is 0.161 e. The SMILES string of the molecule is COc1cc(Br)c(CNC(C)c2ncn[nH]2)cc1OC. The highest BCUT2D eigenvalue weighted by atomic mass is 79.9. The van der Waals surface area contributed by atoms with Gasteiger partial charge in [0, 0.05) is 11.0 Å². The Morgan fingerprint density at radius 1 is 1.30 bits per heavy atom. The average Bonchev–Trinajstić information content (AvgIpc) is 2.99. The first-order chi connectivity index (χ1) is 9.65. The number of methoxy groups -OCH3 is 2. The van der Waals surface area contributed by atoms with E-state index < -0.39 is 0 Å². The van der Waals surface area contributed by atoms with E-state index in [9.17, 15) is 0 Å². The summed E-state index contributed by atoms with van der Waals surface area (Å²) in [5, 5.41) is 10.1. The summed E-state index contributed by atoms with van der Waals surface area (Å²) in [7, 11) is 3.24. The summed E-state index contributed by atoms with van der Waals surface area (Å²) >= 11 is 3.54. The quantitative estimate of drug-likeness (QED) is 0.844. The number of aromatic nitrogens is 3. The van der Waals surface area contributed by atoms with Gasteiger partial charge in [0.25, 0.3) is 0 Å². The van der Waals surface area contributed by atoms with Crippen molar-refractivity contribution in [1.29, 1.82) is 0 Å². The van der Waals surface area contributed by atoms with Gasteiger partial charge in [0.05, 0.1) is 20.3 Å². The molecule has 1 unspecified atom stereocenters. The lowest BCUT2D eigenvalue weighted by Gasteiger charge is -2.14. The van der Waals surface area contributed by atoms with Gasteiger partial charge in [-0.15, -0.1) is 0 Å². The van der Waals surface area contributed by atoms with Gasteiger partial charge in [-0.25, -0.2) is 4.98 Å². The molecule has 0 saturated carbocycles. The van der Waals surface area contributed by atoms with Crippen LogP contribution in [-0.4, -0.2) is 29.4 Å². The fraction of sp³-hybridized carbons (Fsp3) is 0.385. The lowest BCUT2D eigenvalue weighted by molar-refractivity contribution is 0.354. The number of H-pyrrole nitrogens is 1. The summed E-state index contributed by atoms with van der Waals surface area (Å²) in [6, 6.07) is 3.93. The van der Waals surface area contributed by atoms with E-state index in [-0.39, 0.29) is 6.04 Å². The van der Waals surface area contributed by atoms with Crippen molar-refractivity contribution in [3.8, 4) is 11.5 Å². The van der Waals surface area contributed by atoms with E-state index in [1.807, 2.05) is 19.1 Å². The first kappa shape index (κ1) is 14.8. The van der Waals surface area contributed by atoms with Crippen LogP contribution in [0.4, 0.5) is 0 Å². The highest BCUT2D eigenvalue weighted by Crippen LogP contribution is 2.33. The topological polar surface area (TPSA) is 72.1 Å². The van der Waals surface area contributed by atoms with Crippen LogP contribution in [0.2, 0.25) is 0 Å². The number of halogens is 1. The number of nitrogens with zero attached hydrogens (tertiary/aromatic N) is 2. The third kappa shape index (κ3) is 3.29. The van der Waals surface area contributed by atoms with Gasteiger partial charge in [-0.05, 0) is 24.6 Å². The van der Waals surface area contributed by atoms with E-state index in [1.165, 1.54) is 6.33 Å². The fourth-order valence-corrected chi connectivity index (χ4v) is 2.28. The second-order valence-electron chi connectivity index (χ2n) is 4.27. The summed E-state index contributed by atoms with van der Waals surface area (Å²) < 4.78 is 11.5. The minimum Gasteiger partial charge on any atom is -0.493 e. The van der Waals surface area contributed by atoms with Crippen molar-refractivity contribution in [2.45, 2.75) is 19.5 Å². The summed E-state index contributed by atoms with van der Waals surface area (Å²) in [6.45, 7) is 2.69. The van der Waals surface area contributed by atoms with E-state index in [0.717, 1.165) is 15.9 Å². The molecule has 7 heteroatoms. The molecule has 0 amide bonds. The van der Waals surface area contributed by atoms with E-state index in [4.69, 9.17) is 9.47 Å². The van der Waals surface area contributed by atoms with E-state index >= 15 is 0 Å². The molecule has 20 heavy (non-hydrogen) atoms. The Morgan fingerprint density at radius 2 is 2.00 bits per heavy atom. The summed E-state index contributed by atoms with van der Waals surface area (Å²) in [5.74, 6) is 2.22. The third-order valence-electron chi connectivity index (χ3n) is 3.00. The minimum atomic E-state index is 0.0810. The van der Waals surface area contributed by atoms with Gasteiger partial charge in [0.1, 0.15) is 12.2 Å². The predicted molar refractivity (Wildman–Crippen MR) is 78.9 cm³/mol. The molecule has 0 saturated heterocycles. The first-order valence-electron chi connectivity index (χ1n) is 6.14. The fourth-order valence-electron chi connectivity index (χ4n) is 1.82. The number of benzene rings is 1. The molecule has 0 bridgehead atoms. The van der Waals surface area contributed by atoms with Gasteiger partial charge >= 0.3 is 0 Å². The van der Waals surface area contributed by atoms with Crippen molar-refractivity contribution in [2.24, 2.45) is 0 Å². The van der Waals surface area contributed by atoms with Crippen LogP contribution in [-0.2, 0) is 6.54 Å². The second-order valence-corrected chi connectivity index (χ2v) is 5.13. The molecule has 2 N–H and O–H groups in total. The second kappa shape index (κ2) is 6.71. The molecule has 0 fully saturated rings. The Labute approximate surface area is 126 Å². The van der Waals surface area contributed by atoms with Gasteiger partial charge in [-0.1, -0.05) is 15.9 Å². The average molecular weight is 341 g/mol. The van der Waals surface area contributed by atoms with Crippen molar-refractivity contribution in [3.63, 3.8) is 0 Å². The van der Waals surface area contributed by atoms with Gasteiger partial charge in [0.2, 0.25) is 0 Å². The minimum absolute atomic E-state index is 0.0810. The molecule has 2 aromatic rings. The standard InChI is InChI=1S/C13H17BrN4O2/c1-8(13-16-7-17-18-13)15-6-9-4-11(19-2)12(20-3)5-10(9)14/h4-5,7-8,15H,6H2,1-3H3,(H,16,17,18). The molecule has 2 rings (SSSR count). The lowest BCUT2D eigenvalue weighted by atomic mass is 10.2. The zero-order valence-electron chi connectivity index (χ0n) is 11.6. The highest BCUT2D eigenvalue weighted by molar-refractivity contribution is 9.10. The molecule has 0 aliphatic heterocycles. The largest absolute Gasteiger partial charge is 0.493 e. The van der Waals surface area contributed by atoms with Gasteiger partial charge in [0.15, 0.2) is 11.5 Å². The number of rotatable bonds is 6. The van der Waals surface area contributed by atoms with E-state index in [0.29, 0.717) is 18.0 Å². The Balaban J connectivity index is 2.09. The number of aromatic amines is 1. The monoisotopic (exact) mass is 340 g/mol. The smallest absolute Gasteiger partial charge is 0.161 e. The maximum atomic E-state index is 5.31. The van der Waals surface area contributed by atoms with Crippen LogP contribution in [0.5, 0.6) is 11.5 Å². The van der Waals surface area contributed by atoms with Crippen LogP contribution < -0.4 is 14.8 Å². The maximum absolute atomic E-state index is 5.31. The number of ether oxygens (including phenoxy) is 2.